The van der Waals surface area contributed by atoms with Gasteiger partial charge in [-0.3, -0.25) is 0 Å². The predicted molar refractivity (Wildman–Crippen MR) is 111 cm³/mol. The number of hydrogen-bond donors (Lipinski definition) is 0. The Morgan fingerprint density at radius 2 is 1.56 bits per heavy atom. The van der Waals surface area contributed by atoms with Gasteiger partial charge in [-0.25, -0.2) is 0 Å². The van der Waals surface area contributed by atoms with Gasteiger partial charge in [-0.15, -0.1) is 0 Å². The van der Waals surface area contributed by atoms with E-state index in [1.807, 2.05) is 6.92 Å². The van der Waals surface area contributed by atoms with Gasteiger partial charge in [-0.2, -0.15) is 0 Å². The molecule has 0 spiro atoms. The summed E-state index contributed by atoms with van der Waals surface area (Å²) in [5.74, 6) is 5.40. The summed E-state index contributed by atoms with van der Waals surface area (Å²) in [5.41, 5.74) is 2.42. The van der Waals surface area contributed by atoms with E-state index in [1.54, 1.807) is 0 Å². The Hall–Kier alpha value is -0.0166. The van der Waals surface area contributed by atoms with Crippen molar-refractivity contribution < 1.29 is 19.9 Å². The van der Waals surface area contributed by atoms with Crippen LogP contribution in [0.4, 0.5) is 11.4 Å². The summed E-state index contributed by atoms with van der Waals surface area (Å²) in [5, 5.41) is 0. The van der Waals surface area contributed by atoms with Gasteiger partial charge < -0.3 is 14.5 Å². The Morgan fingerprint density at radius 3 is 2.11 bits per heavy atom. The molecular weight excluding hydrogens is 468 g/mol. The van der Waals surface area contributed by atoms with Gasteiger partial charge >= 0.3 is 34.5 Å². The summed E-state index contributed by atoms with van der Waals surface area (Å²) >= 11 is -0.346. The maximum atomic E-state index is 5.52. The number of para-hydroxylation sites is 2. The van der Waals surface area contributed by atoms with Crippen LogP contribution in [0.5, 0.6) is 0 Å². The van der Waals surface area contributed by atoms with E-state index in [-0.39, 0.29) is 15.1 Å². The molecule has 27 heavy (non-hydrogen) atoms. The normalized spacial score (nSPS) is 19.3. The molecule has 6 heteroatoms. The van der Waals surface area contributed by atoms with Gasteiger partial charge in [0.1, 0.15) is 0 Å². The molecule has 1 aromatic carbocycles. The van der Waals surface area contributed by atoms with Crippen LogP contribution in [0.3, 0.4) is 0 Å². The molecule has 0 saturated heterocycles. The molecule has 1 aliphatic carbocycles. The second-order valence-corrected chi connectivity index (χ2v) is 9.09. The predicted octanol–water partition coefficient (Wildman–Crippen LogP) is 5.50. The fraction of sp³-hybridized carbons (Fsp3) is 0.381. The molecule has 1 heterocycles. The SMILES string of the molecule is CCOCCN1[C]N(C[C]2[C](C)[CH][C](C)[CH][C]2C)c2ccccc21.[Cl][Ru][Cl]. The van der Waals surface area contributed by atoms with E-state index in [1.165, 1.54) is 35.0 Å². The molecule has 0 aromatic heterocycles. The van der Waals surface area contributed by atoms with Crippen molar-refractivity contribution in [3.63, 3.8) is 0 Å². The average molecular weight is 494 g/mol. The fourth-order valence-electron chi connectivity index (χ4n) is 3.38. The summed E-state index contributed by atoms with van der Waals surface area (Å²) in [4.78, 5) is 4.40. The molecule has 1 fully saturated rings. The van der Waals surface area contributed by atoms with Crippen LogP contribution in [-0.2, 0) is 19.9 Å². The zero-order chi connectivity index (χ0) is 19.8. The number of benzene rings is 1. The Labute approximate surface area is 181 Å². The topological polar surface area (TPSA) is 15.7 Å². The zero-order valence-electron chi connectivity index (χ0n) is 16.2. The number of nitrogens with zero attached hydrogens (tertiary/aromatic N) is 2. The van der Waals surface area contributed by atoms with E-state index in [9.17, 15) is 0 Å². The Bertz CT molecular complexity index is 551. The molecule has 3 nitrogen and oxygen atoms in total. The van der Waals surface area contributed by atoms with E-state index in [0.29, 0.717) is 6.61 Å². The molecule has 2 aliphatic rings. The molecule has 0 unspecified atom stereocenters. The molecule has 0 amide bonds. The molecule has 1 aromatic rings. The molecule has 1 aliphatic heterocycles. The van der Waals surface area contributed by atoms with E-state index in [2.05, 4.69) is 74.3 Å². The zero-order valence-corrected chi connectivity index (χ0v) is 19.5. The van der Waals surface area contributed by atoms with Crippen LogP contribution in [0, 0.1) is 43.2 Å². The van der Waals surface area contributed by atoms with E-state index >= 15 is 0 Å². The fourth-order valence-corrected chi connectivity index (χ4v) is 3.38. The van der Waals surface area contributed by atoms with Crippen molar-refractivity contribution in [3.8, 4) is 0 Å². The Balaban J connectivity index is 0.000000817. The van der Waals surface area contributed by atoms with Crippen LogP contribution in [0.2, 0.25) is 0 Å². The van der Waals surface area contributed by atoms with Gasteiger partial charge in [0, 0.05) is 25.6 Å². The summed E-state index contributed by atoms with van der Waals surface area (Å²) in [7, 11) is 9.71. The number of fused-ring (bicyclic) bond motifs is 1. The molecule has 8 radical (unpaired) electrons. The maximum absolute atomic E-state index is 5.52. The van der Waals surface area contributed by atoms with Crippen LogP contribution in [0.1, 0.15) is 27.7 Å². The van der Waals surface area contributed by atoms with Gasteiger partial charge in [0.2, 0.25) is 6.67 Å². The first-order valence-electron chi connectivity index (χ1n) is 8.91. The number of ether oxygens (including phenoxy) is 1. The summed E-state index contributed by atoms with van der Waals surface area (Å²) in [6, 6.07) is 8.50. The second-order valence-electron chi connectivity index (χ2n) is 6.45. The molecule has 0 atom stereocenters. The summed E-state index contributed by atoms with van der Waals surface area (Å²) in [6.07, 6.45) is 4.52. The van der Waals surface area contributed by atoms with Crippen molar-refractivity contribution in [2.75, 3.05) is 36.1 Å². The van der Waals surface area contributed by atoms with E-state index in [4.69, 9.17) is 24.1 Å². The van der Waals surface area contributed by atoms with Gasteiger partial charge in [0.25, 0.3) is 0 Å². The number of hydrogen-bond acceptors (Lipinski definition) is 3. The van der Waals surface area contributed by atoms with Crippen molar-refractivity contribution in [2.24, 2.45) is 0 Å². The van der Waals surface area contributed by atoms with Crippen molar-refractivity contribution in [3.05, 3.63) is 67.4 Å². The third-order valence-corrected chi connectivity index (χ3v) is 4.52. The first kappa shape index (κ1) is 23.3. The van der Waals surface area contributed by atoms with Crippen LogP contribution in [0.15, 0.2) is 24.3 Å². The average Bonchev–Trinajstić information content (AvgIpc) is 2.97. The van der Waals surface area contributed by atoms with E-state index < -0.39 is 0 Å². The van der Waals surface area contributed by atoms with Crippen molar-refractivity contribution in [1.29, 1.82) is 0 Å². The number of rotatable bonds is 6. The Morgan fingerprint density at radius 1 is 1.00 bits per heavy atom. The third-order valence-electron chi connectivity index (χ3n) is 4.52. The monoisotopic (exact) mass is 494 g/mol. The van der Waals surface area contributed by atoms with Crippen molar-refractivity contribution >= 4 is 30.8 Å². The van der Waals surface area contributed by atoms with Gasteiger partial charge in [-0.05, 0) is 49.7 Å². The third kappa shape index (κ3) is 6.49. The van der Waals surface area contributed by atoms with Gasteiger partial charge in [0.15, 0.2) is 0 Å². The summed E-state index contributed by atoms with van der Waals surface area (Å²) < 4.78 is 5.52. The van der Waals surface area contributed by atoms with Crippen LogP contribution in [-0.4, -0.2) is 26.3 Å². The number of halogens is 2. The first-order chi connectivity index (χ1) is 13.0. The van der Waals surface area contributed by atoms with Crippen molar-refractivity contribution in [1.82, 2.24) is 0 Å². The Kier molecular flexibility index (Phi) is 10.2. The minimum atomic E-state index is -0.346. The molecule has 3 rings (SSSR count). The number of anilines is 2. The van der Waals surface area contributed by atoms with Crippen LogP contribution >= 0.6 is 19.4 Å². The standard InChI is InChI=1S/C21H26N2O.2ClH.Ru/c1-5-24-11-10-22-15-23(21-9-7-6-8-20(21)22)14-19-17(3)12-16(2)13-18(19)4;;;/h6-9,12-13H,5,10-11,14H2,1-4H3;2*1H;/q;;;+2/p-2. The molecule has 0 N–H and O–H groups in total. The molecule has 148 valence electrons. The quantitative estimate of drug-likeness (QED) is 0.384. The van der Waals surface area contributed by atoms with Gasteiger partial charge in [-0.1, -0.05) is 32.9 Å². The minimum absolute atomic E-state index is 0.346. The van der Waals surface area contributed by atoms with Crippen molar-refractivity contribution in [2.45, 2.75) is 27.7 Å². The van der Waals surface area contributed by atoms with Crippen LogP contribution < -0.4 is 9.80 Å². The summed E-state index contributed by atoms with van der Waals surface area (Å²) in [6.45, 7) is 15.2. The molecule has 0 bridgehead atoms. The first-order valence-corrected chi connectivity index (χ1v) is 13.4. The molecular formula is C21H26Cl2N2ORu. The van der Waals surface area contributed by atoms with Gasteiger partial charge in [0.05, 0.1) is 18.0 Å². The second kappa shape index (κ2) is 11.9. The molecule has 1 saturated carbocycles. The van der Waals surface area contributed by atoms with Crippen LogP contribution in [0.25, 0.3) is 0 Å². The van der Waals surface area contributed by atoms with E-state index in [0.717, 1.165) is 19.7 Å².